The number of piperidine rings is 1. The molecule has 0 spiro atoms. The minimum absolute atomic E-state index is 0.0173. The molecule has 3 heterocycles. The molecular formula is C29H36N8O4S. The predicted octanol–water partition coefficient (Wildman–Crippen LogP) is 3.78. The molecular weight excluding hydrogens is 556 g/mol. The number of rotatable bonds is 9. The van der Waals surface area contributed by atoms with Crippen molar-refractivity contribution < 1.29 is 17.9 Å². The number of aryl methyl sites for hydroxylation is 1. The molecule has 0 bridgehead atoms. The molecule has 42 heavy (non-hydrogen) atoms. The third-order valence-corrected chi connectivity index (χ3v) is 9.82. The molecule has 222 valence electrons. The average Bonchev–Trinajstić information content (AvgIpc) is 3.46. The topological polar surface area (TPSA) is 157 Å². The van der Waals surface area contributed by atoms with Gasteiger partial charge in [0, 0.05) is 19.2 Å². The highest BCUT2D eigenvalue weighted by molar-refractivity contribution is 7.92. The first-order valence-corrected chi connectivity index (χ1v) is 15.4. The number of sulfone groups is 1. The summed E-state index contributed by atoms with van der Waals surface area (Å²) in [5, 5.41) is 10.2. The number of aromatic nitrogens is 4. The molecule has 1 saturated heterocycles. The summed E-state index contributed by atoms with van der Waals surface area (Å²) in [5.41, 5.74) is 9.40. The van der Waals surface area contributed by atoms with Gasteiger partial charge in [-0.15, -0.1) is 0 Å². The standard InChI is InChI=1S/C29H36N8O4S/c1-18(2)42(39,40)25-8-6-5-7-22(25)33-29-35-28(34-26-9-12-31-37(26)29)32-23-15-19(3)21(16-24(23)41-4)20-10-13-36(14-11-20)27(38)17-30/h5-9,12,15-16,18,20H,10-11,13-14,17,30H2,1-4H3,(H2,32,33,34,35). The van der Waals surface area contributed by atoms with Gasteiger partial charge in [-0.3, -0.25) is 4.79 Å². The van der Waals surface area contributed by atoms with E-state index in [4.69, 9.17) is 10.5 Å². The van der Waals surface area contributed by atoms with E-state index >= 15 is 0 Å². The maximum atomic E-state index is 13.0. The third kappa shape index (κ3) is 5.74. The minimum atomic E-state index is -3.55. The van der Waals surface area contributed by atoms with Crippen LogP contribution in [0.5, 0.6) is 5.75 Å². The summed E-state index contributed by atoms with van der Waals surface area (Å²) >= 11 is 0. The monoisotopic (exact) mass is 592 g/mol. The molecule has 13 heteroatoms. The first-order chi connectivity index (χ1) is 20.1. The second kappa shape index (κ2) is 11.9. The maximum Gasteiger partial charge on any atom is 0.236 e. The first-order valence-electron chi connectivity index (χ1n) is 13.9. The fourth-order valence-electron chi connectivity index (χ4n) is 5.25. The zero-order valence-corrected chi connectivity index (χ0v) is 25.0. The van der Waals surface area contributed by atoms with E-state index in [9.17, 15) is 13.2 Å². The van der Waals surface area contributed by atoms with Crippen LogP contribution in [0.15, 0.2) is 53.6 Å². The Hall–Kier alpha value is -4.23. The van der Waals surface area contributed by atoms with Gasteiger partial charge in [0.15, 0.2) is 15.5 Å². The highest BCUT2D eigenvalue weighted by Crippen LogP contribution is 2.37. The fourth-order valence-corrected chi connectivity index (χ4v) is 6.46. The number of ether oxygens (including phenoxy) is 1. The van der Waals surface area contributed by atoms with Crippen LogP contribution in [0.2, 0.25) is 0 Å². The number of hydrogen-bond acceptors (Lipinski definition) is 10. The lowest BCUT2D eigenvalue weighted by Crippen LogP contribution is -2.41. The van der Waals surface area contributed by atoms with Gasteiger partial charge in [-0.1, -0.05) is 12.1 Å². The van der Waals surface area contributed by atoms with Crippen LogP contribution in [0.1, 0.15) is 43.7 Å². The molecule has 2 aromatic carbocycles. The van der Waals surface area contributed by atoms with Crippen LogP contribution in [0.25, 0.3) is 5.65 Å². The van der Waals surface area contributed by atoms with Crippen LogP contribution < -0.4 is 21.1 Å². The molecule has 0 aliphatic carbocycles. The van der Waals surface area contributed by atoms with Crippen molar-refractivity contribution in [2.45, 2.75) is 49.7 Å². The summed E-state index contributed by atoms with van der Waals surface area (Å²) in [4.78, 5) is 23.3. The highest BCUT2D eigenvalue weighted by Gasteiger charge is 2.26. The molecule has 4 N–H and O–H groups in total. The Kier molecular flexibility index (Phi) is 8.32. The van der Waals surface area contributed by atoms with Crippen LogP contribution in [0, 0.1) is 6.92 Å². The lowest BCUT2D eigenvalue weighted by Gasteiger charge is -2.33. The molecule has 1 aliphatic rings. The van der Waals surface area contributed by atoms with Gasteiger partial charge < -0.3 is 26.0 Å². The maximum absolute atomic E-state index is 13.0. The molecule has 4 aromatic rings. The van der Waals surface area contributed by atoms with E-state index in [2.05, 4.69) is 32.6 Å². The van der Waals surface area contributed by atoms with Crippen molar-refractivity contribution in [1.82, 2.24) is 24.5 Å². The number of carbonyl (C=O) groups is 1. The number of amides is 1. The lowest BCUT2D eigenvalue weighted by atomic mass is 9.86. The van der Waals surface area contributed by atoms with Crippen molar-refractivity contribution in [1.29, 1.82) is 0 Å². The molecule has 0 radical (unpaired) electrons. The normalized spacial score (nSPS) is 14.4. The molecule has 0 atom stereocenters. The summed E-state index contributed by atoms with van der Waals surface area (Å²) in [5.74, 6) is 1.50. The van der Waals surface area contributed by atoms with Crippen molar-refractivity contribution in [3.63, 3.8) is 0 Å². The number of nitrogens with two attached hydrogens (primary N) is 1. The van der Waals surface area contributed by atoms with Gasteiger partial charge in [-0.25, -0.2) is 8.42 Å². The van der Waals surface area contributed by atoms with Crippen LogP contribution >= 0.6 is 0 Å². The van der Waals surface area contributed by atoms with Gasteiger partial charge in [0.1, 0.15) is 5.75 Å². The molecule has 2 aromatic heterocycles. The van der Waals surface area contributed by atoms with Gasteiger partial charge in [-0.05, 0) is 74.9 Å². The van der Waals surface area contributed by atoms with E-state index in [1.807, 2.05) is 17.0 Å². The Morgan fingerprint density at radius 3 is 2.52 bits per heavy atom. The predicted molar refractivity (Wildman–Crippen MR) is 161 cm³/mol. The highest BCUT2D eigenvalue weighted by atomic mass is 32.2. The number of carbonyl (C=O) groups excluding carboxylic acids is 1. The Morgan fingerprint density at radius 2 is 1.83 bits per heavy atom. The molecule has 1 aliphatic heterocycles. The summed E-state index contributed by atoms with van der Waals surface area (Å²) in [6, 6.07) is 12.5. The number of likely N-dealkylation sites (tertiary alicyclic amines) is 1. The summed E-state index contributed by atoms with van der Waals surface area (Å²) in [7, 11) is -1.94. The van der Waals surface area contributed by atoms with E-state index in [1.165, 1.54) is 10.1 Å². The van der Waals surface area contributed by atoms with Crippen molar-refractivity contribution in [3.05, 3.63) is 59.8 Å². The molecule has 5 rings (SSSR count). The van der Waals surface area contributed by atoms with Crippen LogP contribution in [0.3, 0.4) is 0 Å². The second-order valence-corrected chi connectivity index (χ2v) is 13.1. The number of methoxy groups -OCH3 is 1. The van der Waals surface area contributed by atoms with E-state index in [0.717, 1.165) is 18.4 Å². The number of para-hydroxylation sites is 1. The summed E-state index contributed by atoms with van der Waals surface area (Å²) in [6.45, 7) is 6.75. The number of anilines is 4. The Balaban J connectivity index is 1.44. The number of benzene rings is 2. The minimum Gasteiger partial charge on any atom is -0.495 e. The zero-order valence-electron chi connectivity index (χ0n) is 24.2. The molecule has 1 amide bonds. The van der Waals surface area contributed by atoms with Gasteiger partial charge >= 0.3 is 0 Å². The SMILES string of the molecule is COc1cc(C2CCN(C(=O)CN)CC2)c(C)cc1Nc1nc(Nc2ccccc2S(=O)(=O)C(C)C)n2nccc2n1. The third-order valence-electron chi connectivity index (χ3n) is 7.61. The Bertz CT molecular complexity index is 1710. The fraction of sp³-hybridized carbons (Fsp3) is 0.379. The Morgan fingerprint density at radius 1 is 1.10 bits per heavy atom. The summed E-state index contributed by atoms with van der Waals surface area (Å²) < 4.78 is 33.3. The summed E-state index contributed by atoms with van der Waals surface area (Å²) in [6.07, 6.45) is 3.31. The van der Waals surface area contributed by atoms with Crippen LogP contribution in [0.4, 0.5) is 23.3 Å². The molecule has 0 unspecified atom stereocenters. The van der Waals surface area contributed by atoms with E-state index < -0.39 is 15.1 Å². The van der Waals surface area contributed by atoms with Crippen molar-refractivity contribution in [2.75, 3.05) is 37.4 Å². The number of hydrogen-bond donors (Lipinski definition) is 3. The number of nitrogens with one attached hydrogen (secondary N) is 2. The Labute approximate surface area is 245 Å². The van der Waals surface area contributed by atoms with E-state index in [1.54, 1.807) is 57.5 Å². The second-order valence-electron chi connectivity index (χ2n) is 10.6. The zero-order chi connectivity index (χ0) is 30.0. The van der Waals surface area contributed by atoms with Crippen LogP contribution in [-0.2, 0) is 14.6 Å². The number of nitrogens with zero attached hydrogens (tertiary/aromatic N) is 5. The van der Waals surface area contributed by atoms with E-state index in [0.29, 0.717) is 47.7 Å². The number of fused-ring (bicyclic) bond motifs is 1. The smallest absolute Gasteiger partial charge is 0.236 e. The van der Waals surface area contributed by atoms with Crippen molar-refractivity contribution in [3.8, 4) is 5.75 Å². The van der Waals surface area contributed by atoms with Crippen LogP contribution in [-0.4, -0.2) is 70.8 Å². The quantitative estimate of drug-likeness (QED) is 0.261. The van der Waals surface area contributed by atoms with Crippen molar-refractivity contribution in [2.24, 2.45) is 5.73 Å². The average molecular weight is 593 g/mol. The van der Waals surface area contributed by atoms with Gasteiger partial charge in [-0.2, -0.15) is 19.6 Å². The van der Waals surface area contributed by atoms with Gasteiger partial charge in [0.25, 0.3) is 0 Å². The largest absolute Gasteiger partial charge is 0.495 e. The first kappa shape index (κ1) is 29.3. The van der Waals surface area contributed by atoms with Gasteiger partial charge in [0.2, 0.25) is 17.8 Å². The molecule has 1 fully saturated rings. The van der Waals surface area contributed by atoms with Crippen molar-refractivity contribution >= 4 is 44.7 Å². The van der Waals surface area contributed by atoms with Gasteiger partial charge in [0.05, 0.1) is 41.4 Å². The van der Waals surface area contributed by atoms with E-state index in [-0.39, 0.29) is 23.3 Å². The molecule has 12 nitrogen and oxygen atoms in total. The molecule has 0 saturated carbocycles. The lowest BCUT2D eigenvalue weighted by molar-refractivity contribution is -0.130.